The molecule has 2 aliphatic rings. The Bertz CT molecular complexity index is 273. The fraction of sp³-hybridized carbons (Fsp3) is 0.909. The van der Waals surface area contributed by atoms with E-state index in [9.17, 15) is 4.79 Å². The number of rotatable bonds is 0. The summed E-state index contributed by atoms with van der Waals surface area (Å²) in [4.78, 5) is 11.5. The fourth-order valence-corrected chi connectivity index (χ4v) is 3.41. The van der Waals surface area contributed by atoms with E-state index < -0.39 is 0 Å². The molecule has 0 aromatic heterocycles. The third-order valence-corrected chi connectivity index (χ3v) is 5.20. The van der Waals surface area contributed by atoms with E-state index in [1.807, 2.05) is 6.92 Å². The minimum atomic E-state index is -0.205. The normalized spacial score (nSPS) is 59.8. The summed E-state index contributed by atoms with van der Waals surface area (Å²) < 4.78 is 5.51. The number of hydrogen-bond donors (Lipinski definition) is 0. The Morgan fingerprint density at radius 1 is 1.15 bits per heavy atom. The van der Waals surface area contributed by atoms with Crippen molar-refractivity contribution in [1.29, 1.82) is 0 Å². The number of esters is 1. The summed E-state index contributed by atoms with van der Waals surface area (Å²) in [6, 6.07) is 0. The van der Waals surface area contributed by atoms with Gasteiger partial charge in [0, 0.05) is 5.41 Å². The van der Waals surface area contributed by atoms with Crippen molar-refractivity contribution in [2.24, 2.45) is 23.2 Å². The zero-order valence-corrected chi connectivity index (χ0v) is 9.05. The van der Waals surface area contributed by atoms with Crippen molar-refractivity contribution < 1.29 is 9.53 Å². The molecule has 0 amide bonds. The standard InChI is InChI=1S/C11H18O2/c1-6-7(2)11(5)10(6,4)8(3)9(12)13-11/h6-8H,1-5H3. The first-order valence-electron chi connectivity index (χ1n) is 5.08. The van der Waals surface area contributed by atoms with Gasteiger partial charge in [-0.2, -0.15) is 0 Å². The van der Waals surface area contributed by atoms with Crippen molar-refractivity contribution in [1.82, 2.24) is 0 Å². The van der Waals surface area contributed by atoms with E-state index in [-0.39, 0.29) is 22.9 Å². The van der Waals surface area contributed by atoms with Crippen LogP contribution in [-0.2, 0) is 9.53 Å². The van der Waals surface area contributed by atoms with Crippen LogP contribution in [0, 0.1) is 23.2 Å². The van der Waals surface area contributed by atoms with Crippen molar-refractivity contribution in [2.75, 3.05) is 0 Å². The second-order valence-electron chi connectivity index (χ2n) is 5.11. The number of fused-ring (bicyclic) bond motifs is 1. The van der Waals surface area contributed by atoms with Gasteiger partial charge >= 0.3 is 5.97 Å². The van der Waals surface area contributed by atoms with Crippen LogP contribution in [0.25, 0.3) is 0 Å². The van der Waals surface area contributed by atoms with E-state index in [1.165, 1.54) is 0 Å². The van der Waals surface area contributed by atoms with Gasteiger partial charge in [0.1, 0.15) is 5.60 Å². The molecule has 13 heavy (non-hydrogen) atoms. The van der Waals surface area contributed by atoms with Crippen LogP contribution < -0.4 is 0 Å². The minimum Gasteiger partial charge on any atom is -0.458 e. The van der Waals surface area contributed by atoms with Gasteiger partial charge in [0.15, 0.2) is 0 Å². The monoisotopic (exact) mass is 182 g/mol. The average Bonchev–Trinajstić information content (AvgIpc) is 2.26. The highest BCUT2D eigenvalue weighted by atomic mass is 16.6. The summed E-state index contributed by atoms with van der Waals surface area (Å²) in [6.45, 7) is 10.7. The third-order valence-electron chi connectivity index (χ3n) is 5.20. The number of carbonyl (C=O) groups excluding carboxylic acids is 1. The zero-order valence-electron chi connectivity index (χ0n) is 9.05. The highest BCUT2D eigenvalue weighted by Crippen LogP contribution is 2.67. The smallest absolute Gasteiger partial charge is 0.309 e. The molecular formula is C11H18O2. The Kier molecular flexibility index (Phi) is 1.46. The maximum absolute atomic E-state index is 11.5. The van der Waals surface area contributed by atoms with Gasteiger partial charge in [-0.3, -0.25) is 4.79 Å². The van der Waals surface area contributed by atoms with Gasteiger partial charge in [-0.05, 0) is 18.8 Å². The van der Waals surface area contributed by atoms with E-state index in [0.29, 0.717) is 11.8 Å². The molecule has 0 spiro atoms. The SMILES string of the molecule is CC1C(C)C2(C)C(C)C(=O)OC12C. The van der Waals surface area contributed by atoms with Gasteiger partial charge in [-0.1, -0.05) is 27.7 Å². The summed E-state index contributed by atoms with van der Waals surface area (Å²) in [6.07, 6.45) is 0. The quantitative estimate of drug-likeness (QED) is 0.537. The highest BCUT2D eigenvalue weighted by Gasteiger charge is 2.73. The number of hydrogen-bond acceptors (Lipinski definition) is 2. The van der Waals surface area contributed by atoms with Crippen molar-refractivity contribution in [2.45, 2.75) is 40.2 Å². The van der Waals surface area contributed by atoms with Crippen molar-refractivity contribution in [3.8, 4) is 0 Å². The highest BCUT2D eigenvalue weighted by molar-refractivity contribution is 5.77. The summed E-state index contributed by atoms with van der Waals surface area (Å²) in [7, 11) is 0. The largest absolute Gasteiger partial charge is 0.458 e. The molecular weight excluding hydrogens is 164 g/mol. The van der Waals surface area contributed by atoms with Gasteiger partial charge in [-0.15, -0.1) is 0 Å². The summed E-state index contributed by atoms with van der Waals surface area (Å²) >= 11 is 0. The Morgan fingerprint density at radius 2 is 1.69 bits per heavy atom. The molecule has 0 N–H and O–H groups in total. The molecule has 0 aromatic rings. The second-order valence-corrected chi connectivity index (χ2v) is 5.11. The molecule has 5 atom stereocenters. The van der Waals surface area contributed by atoms with E-state index in [2.05, 4.69) is 27.7 Å². The lowest BCUT2D eigenvalue weighted by Crippen LogP contribution is -2.65. The molecule has 5 unspecified atom stereocenters. The molecule has 2 heteroatoms. The van der Waals surface area contributed by atoms with Crippen LogP contribution in [0.5, 0.6) is 0 Å². The maximum Gasteiger partial charge on any atom is 0.309 e. The molecule has 1 heterocycles. The Labute approximate surface area is 79.7 Å². The molecule has 0 radical (unpaired) electrons. The van der Waals surface area contributed by atoms with Crippen LogP contribution in [0.4, 0.5) is 0 Å². The van der Waals surface area contributed by atoms with Crippen LogP contribution in [0.3, 0.4) is 0 Å². The fourth-order valence-electron chi connectivity index (χ4n) is 3.41. The lowest BCUT2D eigenvalue weighted by Gasteiger charge is -2.60. The van der Waals surface area contributed by atoms with Crippen LogP contribution >= 0.6 is 0 Å². The van der Waals surface area contributed by atoms with Crippen LogP contribution in [0.2, 0.25) is 0 Å². The maximum atomic E-state index is 11.5. The van der Waals surface area contributed by atoms with Crippen molar-refractivity contribution >= 4 is 5.97 Å². The van der Waals surface area contributed by atoms with Crippen molar-refractivity contribution in [3.05, 3.63) is 0 Å². The van der Waals surface area contributed by atoms with Gasteiger partial charge in [0.05, 0.1) is 5.92 Å². The lowest BCUT2D eigenvalue weighted by molar-refractivity contribution is -0.212. The lowest BCUT2D eigenvalue weighted by atomic mass is 9.44. The molecule has 1 saturated carbocycles. The van der Waals surface area contributed by atoms with Gasteiger partial charge in [0.25, 0.3) is 0 Å². The summed E-state index contributed by atoms with van der Waals surface area (Å²) in [5.41, 5.74) is -0.146. The topological polar surface area (TPSA) is 26.3 Å². The van der Waals surface area contributed by atoms with Crippen LogP contribution in [-0.4, -0.2) is 11.6 Å². The molecule has 2 rings (SSSR count). The van der Waals surface area contributed by atoms with Crippen LogP contribution in [0.1, 0.15) is 34.6 Å². The molecule has 2 nitrogen and oxygen atoms in total. The third kappa shape index (κ3) is 0.660. The van der Waals surface area contributed by atoms with E-state index in [0.717, 1.165) is 0 Å². The van der Waals surface area contributed by atoms with E-state index in [1.54, 1.807) is 0 Å². The minimum absolute atomic E-state index is 0.0128. The first-order valence-corrected chi connectivity index (χ1v) is 5.08. The van der Waals surface area contributed by atoms with Gasteiger partial charge < -0.3 is 4.74 Å². The Hall–Kier alpha value is -0.530. The van der Waals surface area contributed by atoms with Gasteiger partial charge in [-0.25, -0.2) is 0 Å². The molecule has 74 valence electrons. The second kappa shape index (κ2) is 2.10. The molecule has 1 aliphatic carbocycles. The Balaban J connectivity index is 2.44. The number of ether oxygens (including phenoxy) is 1. The average molecular weight is 182 g/mol. The predicted octanol–water partition coefficient (Wildman–Crippen LogP) is 2.23. The predicted molar refractivity (Wildman–Crippen MR) is 50.1 cm³/mol. The number of carbonyl (C=O) groups is 1. The molecule has 2 fully saturated rings. The summed E-state index contributed by atoms with van der Waals surface area (Å²) in [5, 5.41) is 0. The molecule has 0 bridgehead atoms. The van der Waals surface area contributed by atoms with Crippen LogP contribution in [0.15, 0.2) is 0 Å². The van der Waals surface area contributed by atoms with E-state index >= 15 is 0 Å². The summed E-state index contributed by atoms with van der Waals surface area (Å²) in [5.74, 6) is 1.12. The first-order chi connectivity index (χ1) is 5.85. The van der Waals surface area contributed by atoms with Crippen molar-refractivity contribution in [3.63, 3.8) is 0 Å². The molecule has 1 saturated heterocycles. The molecule has 0 aromatic carbocycles. The first kappa shape index (κ1) is 9.04. The Morgan fingerprint density at radius 3 is 2.15 bits per heavy atom. The zero-order chi connectivity index (χ0) is 10.0. The molecule has 1 aliphatic heterocycles. The van der Waals surface area contributed by atoms with E-state index in [4.69, 9.17) is 4.74 Å². The van der Waals surface area contributed by atoms with Gasteiger partial charge in [0.2, 0.25) is 0 Å².